The fourth-order valence-corrected chi connectivity index (χ4v) is 3.49. The van der Waals surface area contributed by atoms with E-state index in [0.29, 0.717) is 11.5 Å². The quantitative estimate of drug-likeness (QED) is 0.767. The molecule has 0 aliphatic rings. The third-order valence-electron chi connectivity index (χ3n) is 3.48. The third kappa shape index (κ3) is 2.68. The standard InChI is InChI=1S/C14H14N4O2S2/c1-8-5-10(22(15,19)20)6-12(9(8)2)18-13-11-3-4-21-14(11)17-7-16-13/h3-7H,1-2H3,(H2,15,19,20)(H,16,17,18). The molecule has 0 bridgehead atoms. The smallest absolute Gasteiger partial charge is 0.238 e. The Hall–Kier alpha value is -2.03. The van der Waals surface area contributed by atoms with Crippen molar-refractivity contribution in [2.45, 2.75) is 18.7 Å². The summed E-state index contributed by atoms with van der Waals surface area (Å²) in [5.74, 6) is 0.639. The molecule has 3 N–H and O–H groups in total. The topological polar surface area (TPSA) is 98.0 Å². The highest BCUT2D eigenvalue weighted by Gasteiger charge is 2.14. The molecule has 2 aromatic heterocycles. The first kappa shape index (κ1) is 14.9. The van der Waals surface area contributed by atoms with E-state index in [1.54, 1.807) is 6.07 Å². The molecule has 0 aliphatic carbocycles. The van der Waals surface area contributed by atoms with Gasteiger partial charge in [0, 0.05) is 5.69 Å². The van der Waals surface area contributed by atoms with E-state index in [2.05, 4.69) is 15.3 Å². The number of nitrogens with two attached hydrogens (primary N) is 1. The lowest BCUT2D eigenvalue weighted by Gasteiger charge is -2.13. The molecule has 0 atom stereocenters. The van der Waals surface area contributed by atoms with Crippen LogP contribution in [0.1, 0.15) is 11.1 Å². The second-order valence-corrected chi connectivity index (χ2v) is 7.40. The van der Waals surface area contributed by atoms with Crippen LogP contribution < -0.4 is 10.5 Å². The Bertz CT molecular complexity index is 964. The van der Waals surface area contributed by atoms with Gasteiger partial charge in [-0.1, -0.05) is 0 Å². The largest absolute Gasteiger partial charge is 0.339 e. The van der Waals surface area contributed by atoms with Gasteiger partial charge < -0.3 is 5.32 Å². The minimum Gasteiger partial charge on any atom is -0.339 e. The van der Waals surface area contributed by atoms with E-state index < -0.39 is 10.0 Å². The van der Waals surface area contributed by atoms with Crippen LogP contribution in [0.25, 0.3) is 10.2 Å². The summed E-state index contributed by atoms with van der Waals surface area (Å²) in [5, 5.41) is 11.3. The highest BCUT2D eigenvalue weighted by Crippen LogP contribution is 2.30. The molecule has 0 aliphatic heterocycles. The van der Waals surface area contributed by atoms with Gasteiger partial charge in [0.1, 0.15) is 17.0 Å². The first-order valence-electron chi connectivity index (χ1n) is 6.45. The first-order chi connectivity index (χ1) is 10.4. The lowest BCUT2D eigenvalue weighted by molar-refractivity contribution is 0.597. The number of thiophene rings is 1. The molecule has 0 saturated carbocycles. The van der Waals surface area contributed by atoms with E-state index in [1.165, 1.54) is 23.7 Å². The number of anilines is 2. The van der Waals surface area contributed by atoms with Crippen molar-refractivity contribution in [3.05, 3.63) is 41.0 Å². The summed E-state index contributed by atoms with van der Waals surface area (Å²) >= 11 is 1.52. The second-order valence-electron chi connectivity index (χ2n) is 4.94. The number of aryl methyl sites for hydroxylation is 1. The lowest BCUT2D eigenvalue weighted by Crippen LogP contribution is -2.13. The van der Waals surface area contributed by atoms with Crippen LogP contribution in [0, 0.1) is 13.8 Å². The maximum Gasteiger partial charge on any atom is 0.238 e. The number of sulfonamides is 1. The molecular formula is C14H14N4O2S2. The highest BCUT2D eigenvalue weighted by atomic mass is 32.2. The average molecular weight is 334 g/mol. The molecule has 0 unspecified atom stereocenters. The summed E-state index contributed by atoms with van der Waals surface area (Å²) in [6.07, 6.45) is 1.48. The van der Waals surface area contributed by atoms with Gasteiger partial charge in [0.15, 0.2) is 0 Å². The van der Waals surface area contributed by atoms with Crippen molar-refractivity contribution in [2.75, 3.05) is 5.32 Å². The number of hydrogen-bond acceptors (Lipinski definition) is 6. The fraction of sp³-hybridized carbons (Fsp3) is 0.143. The Morgan fingerprint density at radius 3 is 2.73 bits per heavy atom. The van der Waals surface area contributed by atoms with Crippen LogP contribution in [-0.2, 0) is 10.0 Å². The van der Waals surface area contributed by atoms with E-state index in [0.717, 1.165) is 21.3 Å². The third-order valence-corrected chi connectivity index (χ3v) is 5.20. The zero-order chi connectivity index (χ0) is 15.9. The predicted molar refractivity (Wildman–Crippen MR) is 88.0 cm³/mol. The lowest BCUT2D eigenvalue weighted by atomic mass is 10.1. The molecule has 0 fully saturated rings. The number of primary sulfonamides is 1. The molecule has 3 aromatic rings. The van der Waals surface area contributed by atoms with Crippen molar-refractivity contribution >= 4 is 43.1 Å². The van der Waals surface area contributed by atoms with Gasteiger partial charge in [-0.05, 0) is 48.6 Å². The van der Waals surface area contributed by atoms with Gasteiger partial charge in [-0.3, -0.25) is 0 Å². The summed E-state index contributed by atoms with van der Waals surface area (Å²) in [6, 6.07) is 5.02. The monoisotopic (exact) mass is 334 g/mol. The molecule has 22 heavy (non-hydrogen) atoms. The molecule has 0 spiro atoms. The number of aromatic nitrogens is 2. The van der Waals surface area contributed by atoms with Crippen LogP contribution in [0.3, 0.4) is 0 Å². The fourth-order valence-electron chi connectivity index (χ4n) is 2.14. The van der Waals surface area contributed by atoms with Crippen LogP contribution in [0.4, 0.5) is 11.5 Å². The molecule has 0 saturated heterocycles. The molecule has 3 rings (SSSR count). The maximum atomic E-state index is 11.6. The normalized spacial score (nSPS) is 11.8. The molecule has 6 nitrogen and oxygen atoms in total. The number of nitrogens with one attached hydrogen (secondary N) is 1. The SMILES string of the molecule is Cc1cc(S(N)(=O)=O)cc(Nc2ncnc3sccc23)c1C. The Kier molecular flexibility index (Phi) is 3.59. The van der Waals surface area contributed by atoms with E-state index >= 15 is 0 Å². The summed E-state index contributed by atoms with van der Waals surface area (Å²) in [5.41, 5.74) is 2.44. The predicted octanol–water partition coefficient (Wildman–Crippen LogP) is 2.70. The summed E-state index contributed by atoms with van der Waals surface area (Å²) < 4.78 is 23.2. The zero-order valence-corrected chi connectivity index (χ0v) is 13.6. The maximum absolute atomic E-state index is 11.6. The summed E-state index contributed by atoms with van der Waals surface area (Å²) in [6.45, 7) is 3.76. The van der Waals surface area contributed by atoms with Crippen molar-refractivity contribution in [1.29, 1.82) is 0 Å². The van der Waals surface area contributed by atoms with Crippen molar-refractivity contribution < 1.29 is 8.42 Å². The van der Waals surface area contributed by atoms with Gasteiger partial charge >= 0.3 is 0 Å². The molecule has 2 heterocycles. The Morgan fingerprint density at radius 1 is 1.23 bits per heavy atom. The van der Waals surface area contributed by atoms with E-state index in [9.17, 15) is 8.42 Å². The highest BCUT2D eigenvalue weighted by molar-refractivity contribution is 7.89. The van der Waals surface area contributed by atoms with Gasteiger partial charge in [-0.2, -0.15) is 0 Å². The summed E-state index contributed by atoms with van der Waals surface area (Å²) in [4.78, 5) is 9.38. The van der Waals surface area contributed by atoms with Crippen molar-refractivity contribution in [3.8, 4) is 0 Å². The molecule has 8 heteroatoms. The molecule has 0 amide bonds. The van der Waals surface area contributed by atoms with Crippen LogP contribution in [0.2, 0.25) is 0 Å². The van der Waals surface area contributed by atoms with Crippen LogP contribution in [-0.4, -0.2) is 18.4 Å². The average Bonchev–Trinajstić information content (AvgIpc) is 2.92. The molecule has 0 radical (unpaired) electrons. The molecular weight excluding hydrogens is 320 g/mol. The molecule has 114 valence electrons. The van der Waals surface area contributed by atoms with Crippen molar-refractivity contribution in [2.24, 2.45) is 5.14 Å². The second kappa shape index (κ2) is 5.31. The van der Waals surface area contributed by atoms with E-state index in [4.69, 9.17) is 5.14 Å². The van der Waals surface area contributed by atoms with Crippen molar-refractivity contribution in [3.63, 3.8) is 0 Å². The van der Waals surface area contributed by atoms with Gasteiger partial charge in [-0.15, -0.1) is 11.3 Å². The number of fused-ring (bicyclic) bond motifs is 1. The van der Waals surface area contributed by atoms with Gasteiger partial charge in [0.25, 0.3) is 0 Å². The number of hydrogen-bond donors (Lipinski definition) is 2. The van der Waals surface area contributed by atoms with Crippen LogP contribution in [0.15, 0.2) is 34.8 Å². The van der Waals surface area contributed by atoms with Crippen molar-refractivity contribution in [1.82, 2.24) is 9.97 Å². The number of benzene rings is 1. The minimum atomic E-state index is -3.76. The van der Waals surface area contributed by atoms with Crippen LogP contribution in [0.5, 0.6) is 0 Å². The zero-order valence-electron chi connectivity index (χ0n) is 12.0. The Morgan fingerprint density at radius 2 is 2.00 bits per heavy atom. The molecule has 1 aromatic carbocycles. The number of rotatable bonds is 3. The Labute approximate surface area is 132 Å². The van der Waals surface area contributed by atoms with E-state index in [-0.39, 0.29) is 4.90 Å². The minimum absolute atomic E-state index is 0.0775. The van der Waals surface area contributed by atoms with Crippen LogP contribution >= 0.6 is 11.3 Å². The summed E-state index contributed by atoms with van der Waals surface area (Å²) in [7, 11) is -3.76. The number of nitrogens with zero attached hydrogens (tertiary/aromatic N) is 2. The Balaban J connectivity index is 2.13. The van der Waals surface area contributed by atoms with E-state index in [1.807, 2.05) is 25.3 Å². The van der Waals surface area contributed by atoms with Gasteiger partial charge in [-0.25, -0.2) is 23.5 Å². The van der Waals surface area contributed by atoms with Gasteiger partial charge in [0.2, 0.25) is 10.0 Å². The van der Waals surface area contributed by atoms with Gasteiger partial charge in [0.05, 0.1) is 10.3 Å². The first-order valence-corrected chi connectivity index (χ1v) is 8.88.